The van der Waals surface area contributed by atoms with Gasteiger partial charge < -0.3 is 10.1 Å². The molecule has 0 heterocycles. The quantitative estimate of drug-likeness (QED) is 0.582. The van der Waals surface area contributed by atoms with Gasteiger partial charge in [-0.1, -0.05) is 0 Å². The van der Waals surface area contributed by atoms with Crippen molar-refractivity contribution in [1.82, 2.24) is 5.32 Å². The smallest absolute Gasteiger partial charge is 0.407 e. The summed E-state index contributed by atoms with van der Waals surface area (Å²) in [5.74, 6) is 1.88. The van der Waals surface area contributed by atoms with Crippen LogP contribution in [0, 0.1) is 17.8 Å². The highest BCUT2D eigenvalue weighted by atomic mass is 16.6. The van der Waals surface area contributed by atoms with Crippen molar-refractivity contribution in [3.05, 3.63) is 0 Å². The van der Waals surface area contributed by atoms with E-state index in [1.807, 2.05) is 0 Å². The van der Waals surface area contributed by atoms with E-state index in [4.69, 9.17) is 11.2 Å². The first kappa shape index (κ1) is 12.6. The average Bonchev–Trinajstić information content (AvgIpc) is 2.92. The van der Waals surface area contributed by atoms with Gasteiger partial charge in [0.25, 0.3) is 0 Å². The first-order chi connectivity index (χ1) is 7.29. The third-order valence-corrected chi connectivity index (χ3v) is 2.44. The zero-order valence-electron chi connectivity index (χ0n) is 9.92. The Labute approximate surface area is 95.7 Å². The van der Waals surface area contributed by atoms with Gasteiger partial charge in [0.2, 0.25) is 5.78 Å². The molecule has 0 atom stereocenters. The number of carbonyl (C=O) groups excluding carboxylic acids is 2. The maximum atomic E-state index is 11.4. The van der Waals surface area contributed by atoms with Crippen molar-refractivity contribution in [3.8, 4) is 12.3 Å². The first-order valence-corrected chi connectivity index (χ1v) is 5.27. The van der Waals surface area contributed by atoms with E-state index in [1.165, 1.54) is 0 Å². The van der Waals surface area contributed by atoms with Gasteiger partial charge in [-0.3, -0.25) is 4.79 Å². The predicted molar refractivity (Wildman–Crippen MR) is 59.7 cm³/mol. The summed E-state index contributed by atoms with van der Waals surface area (Å²) in [6.07, 6.45) is 6.04. The molecule has 1 saturated carbocycles. The molecule has 1 fully saturated rings. The third kappa shape index (κ3) is 3.27. The number of ketones is 1. The number of rotatable bonds is 3. The van der Waals surface area contributed by atoms with Crippen molar-refractivity contribution in [2.24, 2.45) is 5.41 Å². The van der Waals surface area contributed by atoms with Gasteiger partial charge in [0.1, 0.15) is 5.60 Å². The fourth-order valence-corrected chi connectivity index (χ4v) is 1.34. The minimum absolute atomic E-state index is 0.233. The molecule has 0 aromatic heterocycles. The van der Waals surface area contributed by atoms with E-state index in [-0.39, 0.29) is 12.3 Å². The SMILES string of the molecule is C#CC(=O)C1(CNC(=O)OC(C)(C)C)CC1. The highest BCUT2D eigenvalue weighted by Crippen LogP contribution is 2.45. The summed E-state index contributed by atoms with van der Waals surface area (Å²) < 4.78 is 5.06. The Morgan fingerprint density at radius 1 is 1.44 bits per heavy atom. The molecule has 0 bridgehead atoms. The number of hydrogen-bond donors (Lipinski definition) is 1. The molecule has 1 aliphatic carbocycles. The number of Topliss-reactive ketones (excluding diaryl/α,β-unsaturated/α-hetero) is 1. The molecule has 88 valence electrons. The summed E-state index contributed by atoms with van der Waals surface area (Å²) >= 11 is 0. The number of alkyl carbamates (subject to hydrolysis) is 1. The zero-order valence-corrected chi connectivity index (χ0v) is 9.92. The molecule has 16 heavy (non-hydrogen) atoms. The second-order valence-electron chi connectivity index (χ2n) is 5.11. The summed E-state index contributed by atoms with van der Waals surface area (Å²) in [6, 6.07) is 0. The van der Waals surface area contributed by atoms with E-state index in [1.54, 1.807) is 20.8 Å². The first-order valence-electron chi connectivity index (χ1n) is 5.27. The van der Waals surface area contributed by atoms with Crippen molar-refractivity contribution in [3.63, 3.8) is 0 Å². The Bertz CT molecular complexity index is 342. The van der Waals surface area contributed by atoms with Gasteiger partial charge in [-0.15, -0.1) is 6.42 Å². The largest absolute Gasteiger partial charge is 0.444 e. The van der Waals surface area contributed by atoms with Crippen molar-refractivity contribution in [1.29, 1.82) is 0 Å². The summed E-state index contributed by atoms with van der Waals surface area (Å²) in [4.78, 5) is 22.7. The molecule has 0 aromatic carbocycles. The lowest BCUT2D eigenvalue weighted by Crippen LogP contribution is -2.37. The number of hydrogen-bond acceptors (Lipinski definition) is 3. The molecule has 1 N–H and O–H groups in total. The van der Waals surface area contributed by atoms with Gasteiger partial charge in [-0.25, -0.2) is 4.79 Å². The topological polar surface area (TPSA) is 55.4 Å². The third-order valence-electron chi connectivity index (χ3n) is 2.44. The van der Waals surface area contributed by atoms with Gasteiger partial charge in [0.15, 0.2) is 0 Å². The lowest BCUT2D eigenvalue weighted by molar-refractivity contribution is -0.118. The fourth-order valence-electron chi connectivity index (χ4n) is 1.34. The molecule has 0 unspecified atom stereocenters. The number of terminal acetylenes is 1. The standard InChI is InChI=1S/C12H17NO3/c1-5-9(14)12(6-7-12)8-13-10(15)16-11(2,3)4/h1H,6-8H2,2-4H3,(H,13,15). The van der Waals surface area contributed by atoms with E-state index >= 15 is 0 Å². The molecule has 0 saturated heterocycles. The number of nitrogens with one attached hydrogen (secondary N) is 1. The summed E-state index contributed by atoms with van der Waals surface area (Å²) in [5.41, 5.74) is -1.05. The molecule has 1 aliphatic rings. The van der Waals surface area contributed by atoms with Gasteiger partial charge in [-0.2, -0.15) is 0 Å². The van der Waals surface area contributed by atoms with Crippen molar-refractivity contribution in [2.45, 2.75) is 39.2 Å². The second kappa shape index (κ2) is 4.17. The number of carbonyl (C=O) groups is 2. The zero-order chi connectivity index (χ0) is 12.4. The molecule has 0 aliphatic heterocycles. The summed E-state index contributed by atoms with van der Waals surface area (Å²) in [6.45, 7) is 5.62. The van der Waals surface area contributed by atoms with Crippen LogP contribution in [0.5, 0.6) is 0 Å². The fraction of sp³-hybridized carbons (Fsp3) is 0.667. The monoisotopic (exact) mass is 223 g/mol. The van der Waals surface area contributed by atoms with Crippen molar-refractivity contribution in [2.75, 3.05) is 6.54 Å². The molecule has 4 heteroatoms. The molecular formula is C12H17NO3. The van der Waals surface area contributed by atoms with Crippen LogP contribution in [0.3, 0.4) is 0 Å². The van der Waals surface area contributed by atoms with E-state index in [0.717, 1.165) is 12.8 Å². The van der Waals surface area contributed by atoms with Crippen LogP contribution in [0.25, 0.3) is 0 Å². The van der Waals surface area contributed by atoms with Crippen LogP contribution in [0.4, 0.5) is 4.79 Å². The van der Waals surface area contributed by atoms with E-state index < -0.39 is 17.1 Å². The average molecular weight is 223 g/mol. The minimum Gasteiger partial charge on any atom is -0.444 e. The van der Waals surface area contributed by atoms with Crippen LogP contribution in [0.2, 0.25) is 0 Å². The summed E-state index contributed by atoms with van der Waals surface area (Å²) in [5, 5.41) is 2.58. The summed E-state index contributed by atoms with van der Waals surface area (Å²) in [7, 11) is 0. The molecule has 0 spiro atoms. The van der Waals surface area contributed by atoms with Crippen LogP contribution in [0.1, 0.15) is 33.6 Å². The van der Waals surface area contributed by atoms with E-state index in [2.05, 4.69) is 11.2 Å². The maximum absolute atomic E-state index is 11.4. The van der Waals surface area contributed by atoms with Gasteiger partial charge in [0, 0.05) is 6.54 Å². The lowest BCUT2D eigenvalue weighted by atomic mass is 10.0. The molecular weight excluding hydrogens is 206 g/mol. The molecule has 0 aromatic rings. The highest BCUT2D eigenvalue weighted by molar-refractivity contribution is 6.01. The van der Waals surface area contributed by atoms with Crippen LogP contribution in [-0.2, 0) is 9.53 Å². The second-order valence-corrected chi connectivity index (χ2v) is 5.11. The minimum atomic E-state index is -0.531. The van der Waals surface area contributed by atoms with E-state index in [9.17, 15) is 9.59 Å². The number of ether oxygens (including phenoxy) is 1. The molecule has 1 amide bonds. The number of amides is 1. The van der Waals surface area contributed by atoms with Crippen LogP contribution < -0.4 is 5.32 Å². The Morgan fingerprint density at radius 2 is 2.00 bits per heavy atom. The van der Waals surface area contributed by atoms with Crippen LogP contribution >= 0.6 is 0 Å². The van der Waals surface area contributed by atoms with Crippen LogP contribution in [0.15, 0.2) is 0 Å². The molecule has 4 nitrogen and oxygen atoms in total. The predicted octanol–water partition coefficient (Wildman–Crippen LogP) is 1.49. The van der Waals surface area contributed by atoms with Gasteiger partial charge >= 0.3 is 6.09 Å². The van der Waals surface area contributed by atoms with Crippen molar-refractivity contribution < 1.29 is 14.3 Å². The van der Waals surface area contributed by atoms with Gasteiger partial charge in [0.05, 0.1) is 5.41 Å². The Kier molecular flexibility index (Phi) is 3.27. The highest BCUT2D eigenvalue weighted by Gasteiger charge is 2.49. The lowest BCUT2D eigenvalue weighted by Gasteiger charge is -2.20. The van der Waals surface area contributed by atoms with Crippen molar-refractivity contribution >= 4 is 11.9 Å². The Balaban J connectivity index is 2.39. The Hall–Kier alpha value is -1.50. The normalized spacial score (nSPS) is 17.1. The van der Waals surface area contributed by atoms with Gasteiger partial charge in [-0.05, 0) is 39.5 Å². The Morgan fingerprint density at radius 3 is 2.38 bits per heavy atom. The molecule has 1 rings (SSSR count). The molecule has 0 radical (unpaired) electrons. The van der Waals surface area contributed by atoms with E-state index in [0.29, 0.717) is 0 Å². The maximum Gasteiger partial charge on any atom is 0.407 e. The van der Waals surface area contributed by atoms with Crippen LogP contribution in [-0.4, -0.2) is 24.0 Å².